The molecule has 15 N–H and O–H groups in total. The molecule has 1 aromatic rings. The van der Waals surface area contributed by atoms with Gasteiger partial charge < -0.3 is 81.5 Å². The van der Waals surface area contributed by atoms with Crippen LogP contribution in [0.5, 0.6) is 0 Å². The van der Waals surface area contributed by atoms with Gasteiger partial charge in [-0.25, -0.2) is 0 Å². The number of carbonyl (C=O) groups excluding carboxylic acids is 3. The molecule has 0 saturated heterocycles. The van der Waals surface area contributed by atoms with Crippen molar-refractivity contribution >= 4 is 18.2 Å². The minimum atomic E-state index is -1.23. The molecule has 432 valence electrons. The van der Waals surface area contributed by atoms with Gasteiger partial charge in [0.15, 0.2) is 0 Å². The van der Waals surface area contributed by atoms with Gasteiger partial charge in [-0.2, -0.15) is 0 Å². The summed E-state index contributed by atoms with van der Waals surface area (Å²) in [5, 5.41) is 147. The first kappa shape index (κ1) is 67.7. The Labute approximate surface area is 443 Å². The van der Waals surface area contributed by atoms with Crippen LogP contribution in [0.1, 0.15) is 154 Å². The average molecular weight is 1070 g/mol. The van der Waals surface area contributed by atoms with Crippen molar-refractivity contribution in [1.82, 2.24) is 10.2 Å². The third-order valence-corrected chi connectivity index (χ3v) is 13.7. The van der Waals surface area contributed by atoms with Gasteiger partial charge in [-0.1, -0.05) is 81.4 Å². The van der Waals surface area contributed by atoms with Gasteiger partial charge in [-0.05, 0) is 108 Å². The summed E-state index contributed by atoms with van der Waals surface area (Å²) in [4.78, 5) is 37.7. The Bertz CT molecular complexity index is 1780. The Morgan fingerprint density at radius 3 is 1.31 bits per heavy atom. The molecule has 0 aliphatic carbocycles. The molecule has 1 aromatic carbocycles. The number of allylic oxidation sites excluding steroid dienone is 1. The Balaban J connectivity index is 1.56. The number of hydrogen-bond donors (Lipinski definition) is 15. The number of carbonyl (C=O) groups is 3. The highest BCUT2D eigenvalue weighted by atomic mass is 16.5. The van der Waals surface area contributed by atoms with E-state index in [4.69, 9.17) is 4.74 Å². The number of nitrogens with one attached hydrogen (secondary N) is 1. The predicted octanol–water partition coefficient (Wildman–Crippen LogP) is 1.07. The van der Waals surface area contributed by atoms with Crippen LogP contribution < -0.4 is 5.32 Å². The van der Waals surface area contributed by atoms with E-state index in [2.05, 4.69) is 12.2 Å². The van der Waals surface area contributed by atoms with E-state index in [1.165, 1.54) is 18.1 Å². The number of ether oxygens (including phenoxy) is 1. The number of unbranched alkanes of at least 4 members (excludes halogenated alkanes) is 4. The molecule has 75 heavy (non-hydrogen) atoms. The lowest BCUT2D eigenvalue weighted by atomic mass is 9.94. The first-order valence-electron chi connectivity index (χ1n) is 27.0. The molecular formula is C55H94N2O18. The highest BCUT2D eigenvalue weighted by molar-refractivity contribution is 6.08. The summed E-state index contributed by atoms with van der Waals surface area (Å²) < 4.78 is 5.45. The fourth-order valence-corrected chi connectivity index (χ4v) is 10.1. The van der Waals surface area contributed by atoms with E-state index in [-0.39, 0.29) is 102 Å². The summed E-state index contributed by atoms with van der Waals surface area (Å²) in [6.07, 6.45) is -7.51. The molecule has 3 amide bonds. The smallest absolute Gasteiger partial charge is 0.257 e. The molecule has 2 rings (SSSR count). The van der Waals surface area contributed by atoms with Gasteiger partial charge in [-0.3, -0.25) is 19.3 Å². The molecule has 20 heteroatoms. The molecule has 1 aliphatic heterocycles. The molecule has 0 spiro atoms. The van der Waals surface area contributed by atoms with E-state index in [1.807, 2.05) is 37.3 Å². The van der Waals surface area contributed by atoms with Crippen LogP contribution in [0.25, 0.3) is 0 Å². The maximum Gasteiger partial charge on any atom is 0.257 e. The minimum absolute atomic E-state index is 0.0549. The Morgan fingerprint density at radius 2 is 0.920 bits per heavy atom. The molecule has 0 aromatic heterocycles. The van der Waals surface area contributed by atoms with E-state index in [9.17, 15) is 85.9 Å². The van der Waals surface area contributed by atoms with Crippen molar-refractivity contribution in [3.05, 3.63) is 59.4 Å². The lowest BCUT2D eigenvalue weighted by Gasteiger charge is -2.24. The number of nitrogens with zero attached hydrogens (tertiary/aromatic N) is 1. The van der Waals surface area contributed by atoms with Crippen LogP contribution in [0.3, 0.4) is 0 Å². The Morgan fingerprint density at radius 1 is 0.560 bits per heavy atom. The second kappa shape index (κ2) is 37.4. The zero-order chi connectivity index (χ0) is 56.0. The second-order valence-corrected chi connectivity index (χ2v) is 21.4. The van der Waals surface area contributed by atoms with Gasteiger partial charge in [0.25, 0.3) is 11.8 Å². The van der Waals surface area contributed by atoms with Crippen LogP contribution in [0.4, 0.5) is 0 Å². The molecule has 0 bridgehead atoms. The van der Waals surface area contributed by atoms with Crippen molar-refractivity contribution in [1.29, 1.82) is 0 Å². The van der Waals surface area contributed by atoms with Crippen LogP contribution in [0, 0.1) is 5.92 Å². The fourth-order valence-electron chi connectivity index (χ4n) is 10.1. The van der Waals surface area contributed by atoms with Gasteiger partial charge in [-0.15, -0.1) is 0 Å². The Kier molecular flexibility index (Phi) is 33.7. The number of imide groups is 1. The summed E-state index contributed by atoms with van der Waals surface area (Å²) in [5.74, 6) is 0.0733. The molecule has 0 saturated carbocycles. The standard InChI is InChI=1S/C55H94N2O18/c1-35(16-36(2)17-54(73)57-52(53(75-3)32-55(57)74)18-37-13-9-7-10-14-37)12-8-5-4-6-11-15-38(59)19-39(60)20-40(61)21-41(62)22-42(63)23-43(64)24-44(65)25-45(66)26-46(67)27-47(68)28-48(69)29-49(70)30-50(71)31-51(72)33-56-34-58/h7,9-10,13-14,17,32,34-35,38-52,59-72H,4-6,8,11-12,15-16,18-31,33H2,1-3H3,(H,56,58)/b36-17-/t35?,38-,39+,40+,41?,42?,43?,44?,45?,46?,47?,48+,49+,50+,51-,52-/m0/s1. The molecule has 1 aliphatic rings. The number of rotatable bonds is 43. The topological polar surface area (TPSA) is 359 Å². The van der Waals surface area contributed by atoms with E-state index < -0.39 is 91.5 Å². The molecular weight excluding hydrogens is 977 g/mol. The van der Waals surface area contributed by atoms with Crippen molar-refractivity contribution in [2.24, 2.45) is 5.92 Å². The van der Waals surface area contributed by atoms with Crippen molar-refractivity contribution in [3.8, 4) is 0 Å². The van der Waals surface area contributed by atoms with Gasteiger partial charge in [0.2, 0.25) is 6.41 Å². The summed E-state index contributed by atoms with van der Waals surface area (Å²) in [7, 11) is 1.50. The van der Waals surface area contributed by atoms with Crippen LogP contribution in [0.2, 0.25) is 0 Å². The molecule has 16 atom stereocenters. The minimum Gasteiger partial charge on any atom is -0.499 e. The van der Waals surface area contributed by atoms with Gasteiger partial charge in [0.05, 0.1) is 92.6 Å². The molecule has 0 radical (unpaired) electrons. The SMILES string of the molecule is COC1=CC(=O)N(C(=O)/C=C(/C)CC(C)CCCCCCC[C@H](O)C[C@@H](O)C[C@@H](O)CC(O)CC(O)CC(O)CC(O)CC(O)CC(O)CC(O)C[C@@H](O)C[C@@H](O)C[C@@H](O)C[C@H](O)CNC=O)[C@H]1Cc1ccccc1. The fraction of sp³-hybridized carbons (Fsp3) is 0.764. The van der Waals surface area contributed by atoms with Crippen LogP contribution in [-0.4, -0.2) is 200 Å². The zero-order valence-electron chi connectivity index (χ0n) is 44.5. The highest BCUT2D eigenvalue weighted by Gasteiger charge is 2.38. The summed E-state index contributed by atoms with van der Waals surface area (Å²) in [6.45, 7) is 3.98. The van der Waals surface area contributed by atoms with E-state index in [1.54, 1.807) is 6.08 Å². The Hall–Kier alpha value is -3.45. The maximum absolute atomic E-state index is 13.3. The molecule has 8 unspecified atom stereocenters. The van der Waals surface area contributed by atoms with Gasteiger partial charge in [0, 0.05) is 31.5 Å². The van der Waals surface area contributed by atoms with Crippen LogP contribution in [-0.2, 0) is 25.5 Å². The lowest BCUT2D eigenvalue weighted by molar-refractivity contribution is -0.139. The predicted molar refractivity (Wildman–Crippen MR) is 279 cm³/mol. The van der Waals surface area contributed by atoms with Crippen molar-refractivity contribution in [3.63, 3.8) is 0 Å². The summed E-state index contributed by atoms with van der Waals surface area (Å²) >= 11 is 0. The maximum atomic E-state index is 13.3. The summed E-state index contributed by atoms with van der Waals surface area (Å²) in [6, 6.07) is 9.16. The van der Waals surface area contributed by atoms with Crippen molar-refractivity contribution in [2.45, 2.75) is 247 Å². The van der Waals surface area contributed by atoms with E-state index >= 15 is 0 Å². The average Bonchev–Trinajstić information content (AvgIpc) is 3.61. The monoisotopic (exact) mass is 1070 g/mol. The van der Waals surface area contributed by atoms with Crippen molar-refractivity contribution < 1.29 is 90.6 Å². The number of aliphatic hydroxyl groups excluding tert-OH is 14. The van der Waals surface area contributed by atoms with E-state index in [0.29, 0.717) is 30.9 Å². The zero-order valence-corrected chi connectivity index (χ0v) is 44.5. The van der Waals surface area contributed by atoms with Gasteiger partial charge >= 0.3 is 0 Å². The van der Waals surface area contributed by atoms with Crippen LogP contribution >= 0.6 is 0 Å². The third-order valence-electron chi connectivity index (χ3n) is 13.7. The first-order chi connectivity index (χ1) is 35.5. The molecule has 0 fully saturated rings. The molecule has 20 nitrogen and oxygen atoms in total. The van der Waals surface area contributed by atoms with E-state index in [0.717, 1.165) is 56.1 Å². The number of benzene rings is 1. The normalized spacial score (nSPS) is 20.4. The first-order valence-corrected chi connectivity index (χ1v) is 27.0. The lowest BCUT2D eigenvalue weighted by Crippen LogP contribution is -2.41. The highest BCUT2D eigenvalue weighted by Crippen LogP contribution is 2.27. The van der Waals surface area contributed by atoms with Crippen LogP contribution in [0.15, 0.2) is 53.8 Å². The van der Waals surface area contributed by atoms with Crippen molar-refractivity contribution in [2.75, 3.05) is 13.7 Å². The third kappa shape index (κ3) is 30.3. The number of aliphatic hydroxyl groups is 14. The number of hydrogen-bond acceptors (Lipinski definition) is 18. The van der Waals surface area contributed by atoms with Gasteiger partial charge in [0.1, 0.15) is 11.8 Å². The number of amides is 3. The number of methoxy groups -OCH3 is 1. The largest absolute Gasteiger partial charge is 0.499 e. The quantitative estimate of drug-likeness (QED) is 0.0247. The second-order valence-electron chi connectivity index (χ2n) is 21.4. The molecule has 1 heterocycles. The summed E-state index contributed by atoms with van der Waals surface area (Å²) in [5.41, 5.74) is 1.90.